The molecule has 0 aromatic heterocycles. The van der Waals surface area contributed by atoms with Crippen molar-refractivity contribution in [1.29, 1.82) is 0 Å². The number of hydrogen-bond donors (Lipinski definition) is 3. The fourth-order valence-electron chi connectivity index (χ4n) is 2.98. The number of hydrogen-bond acceptors (Lipinski definition) is 7. The molecule has 0 saturated carbocycles. The zero-order valence-electron chi connectivity index (χ0n) is 17.4. The first-order valence-electron chi connectivity index (χ1n) is 9.26. The maximum absolute atomic E-state index is 14.3. The third-order valence-corrected chi connectivity index (χ3v) is 4.41. The number of rotatable bonds is 6. The topological polar surface area (TPSA) is 186 Å². The summed E-state index contributed by atoms with van der Waals surface area (Å²) in [4.78, 5) is 17.1. The molecular weight excluding hydrogens is 458 g/mol. The molecule has 1 amide bonds. The molecular formula is C17H19F4N7O5. The highest BCUT2D eigenvalue weighted by Gasteiger charge is 2.47. The van der Waals surface area contributed by atoms with Crippen LogP contribution in [0.5, 0.6) is 0 Å². The predicted molar refractivity (Wildman–Crippen MR) is 102 cm³/mol. The van der Waals surface area contributed by atoms with Crippen molar-refractivity contribution < 1.29 is 42.0 Å². The van der Waals surface area contributed by atoms with Gasteiger partial charge in [-0.2, -0.15) is 0 Å². The lowest BCUT2D eigenvalue weighted by Crippen LogP contribution is -2.65. The minimum atomic E-state index is -2.16. The Morgan fingerprint density at radius 2 is 1.67 bits per heavy atom. The zero-order valence-corrected chi connectivity index (χ0v) is 17.4. The van der Waals surface area contributed by atoms with Gasteiger partial charge in [-0.15, -0.1) is 0 Å². The van der Waals surface area contributed by atoms with Crippen molar-refractivity contribution in [3.05, 3.63) is 49.7 Å². The van der Waals surface area contributed by atoms with Gasteiger partial charge < -0.3 is 25.0 Å². The Morgan fingerprint density at radius 1 is 1.09 bits per heavy atom. The number of ether oxygens (including phenoxy) is 2. The fraction of sp³-hybridized carbons (Fsp3) is 0.588. The summed E-state index contributed by atoms with van der Waals surface area (Å²) in [5.74, 6) is -10.3. The number of carbonyl (C=O) groups is 1. The molecule has 16 heteroatoms. The maximum Gasteiger partial charge on any atom is 0.257 e. The molecule has 1 aromatic rings. The van der Waals surface area contributed by atoms with Crippen LogP contribution in [0, 0.1) is 23.3 Å². The Morgan fingerprint density at radius 3 is 2.15 bits per heavy atom. The van der Waals surface area contributed by atoms with Crippen LogP contribution in [0.2, 0.25) is 0 Å². The Balaban J connectivity index is 2.45. The summed E-state index contributed by atoms with van der Waals surface area (Å²) in [5, 5.41) is 28.4. The number of benzene rings is 1. The van der Waals surface area contributed by atoms with E-state index in [1.165, 1.54) is 0 Å². The first kappa shape index (κ1) is 26.1. The van der Waals surface area contributed by atoms with Crippen molar-refractivity contribution >= 4 is 11.6 Å². The summed E-state index contributed by atoms with van der Waals surface area (Å²) in [6, 6.07) is -1.68. The molecule has 3 N–H and O–H groups in total. The second-order valence-corrected chi connectivity index (χ2v) is 7.84. The minimum absolute atomic E-state index is 0.431. The molecule has 2 unspecified atom stereocenters. The molecule has 0 radical (unpaired) electrons. The van der Waals surface area contributed by atoms with E-state index >= 15 is 0 Å². The Hall–Kier alpha value is -3.13. The van der Waals surface area contributed by atoms with Gasteiger partial charge in [-0.1, -0.05) is 10.2 Å². The summed E-state index contributed by atoms with van der Waals surface area (Å²) >= 11 is 0. The molecule has 33 heavy (non-hydrogen) atoms. The number of aliphatic hydroxyl groups excluding tert-OH is 2. The maximum atomic E-state index is 14.3. The van der Waals surface area contributed by atoms with E-state index in [2.05, 4.69) is 20.1 Å². The van der Waals surface area contributed by atoms with Gasteiger partial charge in [-0.25, -0.2) is 17.6 Å². The third-order valence-electron chi connectivity index (χ3n) is 4.41. The largest absolute Gasteiger partial charge is 0.388 e. The molecule has 1 fully saturated rings. The summed E-state index contributed by atoms with van der Waals surface area (Å²) < 4.78 is 67.8. The van der Waals surface area contributed by atoms with Crippen LogP contribution < -0.4 is 5.32 Å². The monoisotopic (exact) mass is 477 g/mol. The zero-order chi connectivity index (χ0) is 25.1. The summed E-state index contributed by atoms with van der Waals surface area (Å²) in [6.45, 7) is 4.26. The van der Waals surface area contributed by atoms with E-state index < -0.39 is 83.2 Å². The predicted octanol–water partition coefficient (Wildman–Crippen LogP) is 2.86. The highest BCUT2D eigenvalue weighted by atomic mass is 19.2. The van der Waals surface area contributed by atoms with E-state index in [9.17, 15) is 32.6 Å². The highest BCUT2D eigenvalue weighted by molar-refractivity contribution is 5.95. The van der Waals surface area contributed by atoms with Gasteiger partial charge in [-0.05, 0) is 31.8 Å². The van der Waals surface area contributed by atoms with Gasteiger partial charge >= 0.3 is 0 Å². The van der Waals surface area contributed by atoms with E-state index in [1.807, 2.05) is 5.32 Å². The van der Waals surface area contributed by atoms with E-state index in [0.29, 0.717) is 0 Å². The van der Waals surface area contributed by atoms with Crippen LogP contribution in [0.1, 0.15) is 31.1 Å². The molecule has 0 aliphatic carbocycles. The van der Waals surface area contributed by atoms with Crippen molar-refractivity contribution in [2.75, 3.05) is 6.54 Å². The molecule has 2 rings (SSSR count). The molecule has 1 aromatic carbocycles. The standard InChI is InChI=1S/C17H19F4N7O5/c1-17(2,3)33-16-12(14(30)13(29)5(32-16)4-24-27-22)25-15(31)6-7(18)9(20)11(26-28-23)10(21)8(6)19/h5,12-14,16,29-30H,4H2,1-3H3,(H,25,31)/t5?,12?,13-,14+,16-/m0/s1. The number of azide groups is 2. The van der Waals surface area contributed by atoms with Crippen molar-refractivity contribution in [1.82, 2.24) is 5.32 Å². The third kappa shape index (κ3) is 5.63. The lowest BCUT2D eigenvalue weighted by Gasteiger charge is -2.44. The summed E-state index contributed by atoms with van der Waals surface area (Å²) in [7, 11) is 0. The summed E-state index contributed by atoms with van der Waals surface area (Å²) in [6.07, 6.45) is -6.45. The summed E-state index contributed by atoms with van der Waals surface area (Å²) in [5.41, 5.74) is 12.5. The molecule has 1 aliphatic rings. The van der Waals surface area contributed by atoms with Gasteiger partial charge in [0, 0.05) is 9.82 Å². The molecule has 1 aliphatic heterocycles. The number of nitrogens with one attached hydrogen (secondary N) is 1. The highest BCUT2D eigenvalue weighted by Crippen LogP contribution is 2.31. The quantitative estimate of drug-likeness (QED) is 0.187. The first-order valence-corrected chi connectivity index (χ1v) is 9.26. The second-order valence-electron chi connectivity index (χ2n) is 7.84. The lowest BCUT2D eigenvalue weighted by atomic mass is 9.95. The van der Waals surface area contributed by atoms with Crippen molar-refractivity contribution in [2.45, 2.75) is 57.0 Å². The molecule has 12 nitrogen and oxygen atoms in total. The van der Waals surface area contributed by atoms with Crippen LogP contribution in [0.25, 0.3) is 20.9 Å². The SMILES string of the molecule is CC(C)(C)O[C@@H]1OC(CN=[N+]=[N-])[C@H](O)[C@H](O)C1NC(=O)c1c(F)c(F)c(N=[N+]=[N-])c(F)c1F. The number of halogens is 4. The molecule has 1 saturated heterocycles. The molecule has 0 bridgehead atoms. The van der Waals surface area contributed by atoms with E-state index in [1.54, 1.807) is 20.8 Å². The Kier molecular flexibility index (Phi) is 8.08. The van der Waals surface area contributed by atoms with Gasteiger partial charge in [0.05, 0.1) is 18.2 Å². The van der Waals surface area contributed by atoms with E-state index in [0.717, 1.165) is 0 Å². The van der Waals surface area contributed by atoms with Gasteiger partial charge in [0.15, 0.2) is 29.6 Å². The van der Waals surface area contributed by atoms with Gasteiger partial charge in [-0.3, -0.25) is 4.79 Å². The number of aliphatic hydroxyl groups is 2. The smallest absolute Gasteiger partial charge is 0.257 e. The molecule has 5 atom stereocenters. The number of carbonyl (C=O) groups excluding carboxylic acids is 1. The second kappa shape index (κ2) is 10.2. The van der Waals surface area contributed by atoms with Gasteiger partial charge in [0.2, 0.25) is 0 Å². The average Bonchev–Trinajstić information content (AvgIpc) is 2.73. The van der Waals surface area contributed by atoms with Crippen molar-refractivity contribution in [2.24, 2.45) is 10.2 Å². The lowest BCUT2D eigenvalue weighted by molar-refractivity contribution is -0.285. The Bertz CT molecular complexity index is 995. The minimum Gasteiger partial charge on any atom is -0.388 e. The van der Waals surface area contributed by atoms with Gasteiger partial charge in [0.1, 0.15) is 29.5 Å². The van der Waals surface area contributed by atoms with Gasteiger partial charge in [0.25, 0.3) is 5.91 Å². The first-order chi connectivity index (χ1) is 15.3. The van der Waals surface area contributed by atoms with E-state index in [4.69, 9.17) is 20.5 Å². The van der Waals surface area contributed by atoms with Crippen molar-refractivity contribution in [3.8, 4) is 0 Å². The van der Waals surface area contributed by atoms with Crippen LogP contribution in [0.4, 0.5) is 23.2 Å². The van der Waals surface area contributed by atoms with Crippen LogP contribution in [0.3, 0.4) is 0 Å². The van der Waals surface area contributed by atoms with Crippen LogP contribution >= 0.6 is 0 Å². The van der Waals surface area contributed by atoms with Crippen LogP contribution in [-0.2, 0) is 9.47 Å². The van der Waals surface area contributed by atoms with Crippen molar-refractivity contribution in [3.63, 3.8) is 0 Å². The molecule has 180 valence electrons. The van der Waals surface area contributed by atoms with Crippen LogP contribution in [-0.4, -0.2) is 58.9 Å². The molecule has 0 spiro atoms. The average molecular weight is 477 g/mol. The number of nitrogens with zero attached hydrogens (tertiary/aromatic N) is 6. The van der Waals surface area contributed by atoms with E-state index in [-0.39, 0.29) is 0 Å². The normalized spacial score (nSPS) is 25.1. The fourth-order valence-corrected chi connectivity index (χ4v) is 2.98. The number of amides is 1. The molecule has 1 heterocycles. The Labute approximate surface area is 183 Å². The van der Waals surface area contributed by atoms with Crippen LogP contribution in [0.15, 0.2) is 10.2 Å².